The Morgan fingerprint density at radius 3 is 1.89 bits per heavy atom. The third kappa shape index (κ3) is 3.82. The van der Waals surface area contributed by atoms with E-state index < -0.39 is 0 Å². The predicted octanol–water partition coefficient (Wildman–Crippen LogP) is 7.75. The van der Waals surface area contributed by atoms with E-state index in [9.17, 15) is 0 Å². The van der Waals surface area contributed by atoms with Gasteiger partial charge in [-0.2, -0.15) is 0 Å². The van der Waals surface area contributed by atoms with Gasteiger partial charge in [-0.25, -0.2) is 0 Å². The lowest BCUT2D eigenvalue weighted by molar-refractivity contribution is 0.477. The van der Waals surface area contributed by atoms with Crippen LogP contribution in [0.3, 0.4) is 0 Å². The number of benzene rings is 4. The summed E-state index contributed by atoms with van der Waals surface area (Å²) in [7, 11) is 0. The van der Waals surface area contributed by atoms with Crippen molar-refractivity contribution in [2.75, 3.05) is 4.90 Å². The summed E-state index contributed by atoms with van der Waals surface area (Å²) in [5.74, 6) is 2.07. The van der Waals surface area contributed by atoms with Crippen molar-refractivity contribution in [2.45, 2.75) is 19.7 Å². The Kier molecular flexibility index (Phi) is 5.62. The first-order valence-corrected chi connectivity index (χ1v) is 12.8. The van der Waals surface area contributed by atoms with E-state index in [4.69, 9.17) is 4.74 Å². The highest BCUT2D eigenvalue weighted by Gasteiger charge is 2.32. The average Bonchev–Trinajstić information content (AvgIpc) is 3.40. The van der Waals surface area contributed by atoms with E-state index in [1.807, 2.05) is 24.3 Å². The van der Waals surface area contributed by atoms with E-state index in [1.165, 1.54) is 22.1 Å². The van der Waals surface area contributed by atoms with Gasteiger partial charge in [-0.05, 0) is 62.1 Å². The smallest absolute Gasteiger partial charge is 0.222 e. The summed E-state index contributed by atoms with van der Waals surface area (Å²) in [6.07, 6.45) is 8.95. The first kappa shape index (κ1) is 22.0. The molecule has 1 aliphatic carbocycles. The summed E-state index contributed by atoms with van der Waals surface area (Å²) in [5.41, 5.74) is 8.54. The summed E-state index contributed by atoms with van der Waals surface area (Å²) >= 11 is 3.83. The van der Waals surface area contributed by atoms with Gasteiger partial charge in [-0.1, -0.05) is 105 Å². The molecule has 4 aromatic carbocycles. The van der Waals surface area contributed by atoms with Gasteiger partial charge in [0.1, 0.15) is 0 Å². The fourth-order valence-corrected chi connectivity index (χ4v) is 6.04. The molecule has 2 nitrogen and oxygen atoms in total. The molecule has 0 bridgehead atoms. The van der Waals surface area contributed by atoms with Gasteiger partial charge >= 0.3 is 0 Å². The molecular formula is C31H25BBrNO. The molecule has 6 rings (SSSR count). The molecule has 4 aromatic rings. The molecule has 1 heterocycles. The lowest BCUT2D eigenvalue weighted by Crippen LogP contribution is -2.48. The monoisotopic (exact) mass is 517 g/mol. The van der Waals surface area contributed by atoms with E-state index in [1.54, 1.807) is 0 Å². The Balaban J connectivity index is 1.52. The highest BCUT2D eigenvalue weighted by Crippen LogP contribution is 2.50. The molecule has 4 heteroatoms. The van der Waals surface area contributed by atoms with Crippen molar-refractivity contribution in [2.24, 2.45) is 0 Å². The van der Waals surface area contributed by atoms with Crippen molar-refractivity contribution in [3.63, 3.8) is 0 Å². The zero-order valence-electron chi connectivity index (χ0n) is 19.8. The molecule has 0 fully saturated rings. The number of halogens is 1. The van der Waals surface area contributed by atoms with Crippen molar-refractivity contribution in [3.8, 4) is 11.5 Å². The van der Waals surface area contributed by atoms with E-state index in [0.29, 0.717) is 5.82 Å². The highest BCUT2D eigenvalue weighted by molar-refractivity contribution is 9.10. The maximum Gasteiger partial charge on any atom is 0.222 e. The minimum Gasteiger partial charge on any atom is -0.453 e. The van der Waals surface area contributed by atoms with Crippen LogP contribution in [0.4, 0.5) is 17.1 Å². The summed E-state index contributed by atoms with van der Waals surface area (Å²) in [5, 5.41) is 0. The number of anilines is 3. The average molecular weight is 518 g/mol. The second-order valence-corrected chi connectivity index (χ2v) is 10.1. The van der Waals surface area contributed by atoms with E-state index >= 15 is 0 Å². The molecule has 0 spiro atoms. The summed E-state index contributed by atoms with van der Waals surface area (Å²) in [6.45, 7) is 4.73. The van der Waals surface area contributed by atoms with Crippen molar-refractivity contribution in [3.05, 3.63) is 125 Å². The fourth-order valence-electron chi connectivity index (χ4n) is 5.51. The van der Waals surface area contributed by atoms with Crippen molar-refractivity contribution in [1.82, 2.24) is 0 Å². The molecule has 0 aromatic heterocycles. The zero-order chi connectivity index (χ0) is 23.9. The maximum atomic E-state index is 6.23. The van der Waals surface area contributed by atoms with Crippen LogP contribution in [0.5, 0.6) is 11.5 Å². The second-order valence-electron chi connectivity index (χ2n) is 9.21. The lowest BCUT2D eigenvalue weighted by Gasteiger charge is -2.34. The first-order valence-electron chi connectivity index (χ1n) is 12.0. The number of allylic oxidation sites excluding steroid dienone is 4. The van der Waals surface area contributed by atoms with Gasteiger partial charge in [0.2, 0.25) is 6.71 Å². The maximum absolute atomic E-state index is 6.23. The number of rotatable bonds is 4. The number of ether oxygens (including phenoxy) is 1. The summed E-state index contributed by atoms with van der Waals surface area (Å²) in [4.78, 5) is 2.32. The van der Waals surface area contributed by atoms with Crippen LogP contribution in [0.15, 0.2) is 114 Å². The van der Waals surface area contributed by atoms with E-state index in [-0.39, 0.29) is 6.71 Å². The van der Waals surface area contributed by atoms with Crippen LogP contribution in [0, 0.1) is 13.8 Å². The second kappa shape index (κ2) is 8.94. The molecule has 0 N–H and O–H groups in total. The van der Waals surface area contributed by atoms with E-state index in [0.717, 1.165) is 33.0 Å². The van der Waals surface area contributed by atoms with Crippen molar-refractivity contribution in [1.29, 1.82) is 0 Å². The molecule has 35 heavy (non-hydrogen) atoms. The Hall–Kier alpha value is -3.50. The van der Waals surface area contributed by atoms with Gasteiger partial charge in [-0.15, -0.1) is 0 Å². The zero-order valence-corrected chi connectivity index (χ0v) is 21.4. The van der Waals surface area contributed by atoms with Crippen LogP contribution in [0.2, 0.25) is 5.82 Å². The van der Waals surface area contributed by atoms with Gasteiger partial charge in [0, 0.05) is 10.2 Å². The van der Waals surface area contributed by atoms with Gasteiger partial charge in [0.25, 0.3) is 0 Å². The molecular weight excluding hydrogens is 493 g/mol. The molecule has 1 aliphatic heterocycles. The molecule has 0 unspecified atom stereocenters. The van der Waals surface area contributed by atoms with Crippen molar-refractivity contribution >= 4 is 50.6 Å². The van der Waals surface area contributed by atoms with Crippen LogP contribution >= 0.6 is 15.9 Å². The minimum atomic E-state index is 0.235. The number of para-hydroxylation sites is 4. The number of hydrogen-bond donors (Lipinski definition) is 0. The van der Waals surface area contributed by atoms with Gasteiger partial charge < -0.3 is 9.64 Å². The Morgan fingerprint density at radius 1 is 0.743 bits per heavy atom. The fraction of sp³-hybridized carbons (Fsp3) is 0.0968. The largest absolute Gasteiger partial charge is 0.453 e. The van der Waals surface area contributed by atoms with E-state index in [2.05, 4.69) is 120 Å². The van der Waals surface area contributed by atoms with Crippen LogP contribution in [-0.4, -0.2) is 6.71 Å². The lowest BCUT2D eigenvalue weighted by atomic mass is 9.32. The minimum absolute atomic E-state index is 0.235. The number of nitrogens with zero attached hydrogens (tertiary/aromatic N) is 1. The molecule has 0 radical (unpaired) electrons. The third-order valence-electron chi connectivity index (χ3n) is 6.98. The van der Waals surface area contributed by atoms with Gasteiger partial charge in [-0.3, -0.25) is 0 Å². The number of fused-ring (bicyclic) bond motifs is 2. The molecule has 170 valence electrons. The molecule has 0 saturated carbocycles. The van der Waals surface area contributed by atoms with Gasteiger partial charge in [0.05, 0.1) is 11.4 Å². The molecule has 2 aliphatic rings. The SMILES string of the molecule is Cc1cc(N2c3ccccc3Oc3ccccc32)cc(C)c1B(c1ccccc1Br)C1C=CC=C1. The van der Waals surface area contributed by atoms with Crippen molar-refractivity contribution < 1.29 is 4.74 Å². The predicted molar refractivity (Wildman–Crippen MR) is 152 cm³/mol. The van der Waals surface area contributed by atoms with Crippen LogP contribution in [0.1, 0.15) is 11.1 Å². The number of aryl methyl sites for hydroxylation is 2. The number of hydrogen-bond acceptors (Lipinski definition) is 2. The quantitative estimate of drug-likeness (QED) is 0.226. The molecule has 0 atom stereocenters. The Labute approximate surface area is 215 Å². The van der Waals surface area contributed by atoms with Crippen LogP contribution in [-0.2, 0) is 0 Å². The topological polar surface area (TPSA) is 12.5 Å². The van der Waals surface area contributed by atoms with Crippen LogP contribution in [0.25, 0.3) is 0 Å². The standard InChI is InChI=1S/C31H25BBrNO/c1-21-19-24(34-27-15-7-9-17-29(27)35-30-18-10-8-16-28(30)34)20-22(2)31(21)32(23-11-3-4-12-23)25-13-5-6-14-26(25)33/h3-20,23H,1-2H3. The Morgan fingerprint density at radius 2 is 1.29 bits per heavy atom. The summed E-state index contributed by atoms with van der Waals surface area (Å²) < 4.78 is 7.38. The Bertz CT molecular complexity index is 1410. The normalized spacial score (nSPS) is 14.0. The summed E-state index contributed by atoms with van der Waals surface area (Å²) in [6, 6.07) is 29.8. The van der Waals surface area contributed by atoms with Gasteiger partial charge in [0.15, 0.2) is 11.5 Å². The first-order chi connectivity index (χ1) is 17.1. The third-order valence-corrected chi connectivity index (χ3v) is 7.71. The van der Waals surface area contributed by atoms with Crippen LogP contribution < -0.4 is 20.6 Å². The molecule has 0 amide bonds. The molecule has 0 saturated heterocycles. The highest BCUT2D eigenvalue weighted by atomic mass is 79.9.